The third-order valence-corrected chi connectivity index (χ3v) is 3.55. The normalized spacial score (nSPS) is 15.5. The van der Waals surface area contributed by atoms with Crippen LogP contribution >= 0.6 is 0 Å². The highest BCUT2D eigenvalue weighted by molar-refractivity contribution is 5.86. The fourth-order valence-corrected chi connectivity index (χ4v) is 2.88. The first kappa shape index (κ1) is 11.1. The lowest BCUT2D eigenvalue weighted by Gasteiger charge is -2.37. The maximum absolute atomic E-state index is 5.87. The van der Waals surface area contributed by atoms with Crippen molar-refractivity contribution in [3.8, 4) is 11.1 Å². The quantitative estimate of drug-likeness (QED) is 0.693. The van der Waals surface area contributed by atoms with Gasteiger partial charge in [-0.2, -0.15) is 0 Å². The van der Waals surface area contributed by atoms with E-state index in [1.165, 1.54) is 16.7 Å². The van der Waals surface area contributed by atoms with E-state index in [9.17, 15) is 0 Å². The molecule has 0 fully saturated rings. The molecular weight excluding hydrogens is 222 g/mol. The van der Waals surface area contributed by atoms with Gasteiger partial charge >= 0.3 is 0 Å². The Morgan fingerprint density at radius 3 is 2.72 bits per heavy atom. The second kappa shape index (κ2) is 3.48. The highest BCUT2D eigenvalue weighted by Gasteiger charge is 2.31. The summed E-state index contributed by atoms with van der Waals surface area (Å²) in [6.07, 6.45) is 1.87. The molecule has 1 aromatic heterocycles. The second-order valence-corrected chi connectivity index (χ2v) is 5.37. The van der Waals surface area contributed by atoms with Gasteiger partial charge < -0.3 is 11.1 Å². The third kappa shape index (κ3) is 1.47. The zero-order chi connectivity index (χ0) is 12.9. The van der Waals surface area contributed by atoms with Gasteiger partial charge in [0.05, 0.1) is 5.54 Å². The number of fused-ring (bicyclic) bond motifs is 3. The molecule has 2 aromatic rings. The average Bonchev–Trinajstić information content (AvgIpc) is 2.27. The number of nitrogens with two attached hydrogens (primary N) is 1. The maximum Gasteiger partial charge on any atom is 0.0593 e. The van der Waals surface area contributed by atoms with Gasteiger partial charge in [-0.05, 0) is 44.5 Å². The van der Waals surface area contributed by atoms with Crippen LogP contribution in [0.2, 0.25) is 0 Å². The molecule has 0 saturated heterocycles. The summed E-state index contributed by atoms with van der Waals surface area (Å²) in [5, 5.41) is 3.55. The maximum atomic E-state index is 5.87. The lowest BCUT2D eigenvalue weighted by atomic mass is 9.82. The summed E-state index contributed by atoms with van der Waals surface area (Å²) in [5.41, 5.74) is 12.4. The van der Waals surface area contributed by atoms with Crippen LogP contribution < -0.4 is 11.1 Å². The molecule has 3 nitrogen and oxygen atoms in total. The summed E-state index contributed by atoms with van der Waals surface area (Å²) in [4.78, 5) is 4.41. The molecule has 1 aromatic carbocycles. The Labute approximate surface area is 107 Å². The van der Waals surface area contributed by atoms with Crippen LogP contribution in [0.15, 0.2) is 30.5 Å². The van der Waals surface area contributed by atoms with Gasteiger partial charge in [0.15, 0.2) is 0 Å². The molecular formula is C15H17N3. The van der Waals surface area contributed by atoms with E-state index >= 15 is 0 Å². The molecule has 2 heterocycles. The van der Waals surface area contributed by atoms with Crippen molar-refractivity contribution in [2.45, 2.75) is 26.3 Å². The van der Waals surface area contributed by atoms with Gasteiger partial charge in [-0.25, -0.2) is 0 Å². The summed E-state index contributed by atoms with van der Waals surface area (Å²) in [6.45, 7) is 6.41. The number of hydrogen-bond acceptors (Lipinski definition) is 3. The van der Waals surface area contributed by atoms with Crippen molar-refractivity contribution >= 4 is 11.4 Å². The Hall–Kier alpha value is -2.03. The number of pyridine rings is 1. The Morgan fingerprint density at radius 1 is 1.17 bits per heavy atom. The summed E-state index contributed by atoms with van der Waals surface area (Å²) in [5.74, 6) is 0. The molecule has 3 rings (SSSR count). The van der Waals surface area contributed by atoms with E-state index in [-0.39, 0.29) is 5.54 Å². The highest BCUT2D eigenvalue weighted by Crippen LogP contribution is 2.44. The van der Waals surface area contributed by atoms with Crippen molar-refractivity contribution in [2.75, 3.05) is 11.1 Å². The number of rotatable bonds is 0. The van der Waals surface area contributed by atoms with Crippen molar-refractivity contribution in [3.63, 3.8) is 0 Å². The van der Waals surface area contributed by atoms with Crippen LogP contribution in [0.25, 0.3) is 11.1 Å². The minimum atomic E-state index is -0.130. The fraction of sp³-hybridized carbons (Fsp3) is 0.267. The zero-order valence-corrected chi connectivity index (χ0v) is 10.9. The number of hydrogen-bond donors (Lipinski definition) is 2. The number of aromatic nitrogens is 1. The van der Waals surface area contributed by atoms with Crippen molar-refractivity contribution in [2.24, 2.45) is 0 Å². The predicted octanol–water partition coefficient (Wildman–Crippen LogP) is 3.30. The smallest absolute Gasteiger partial charge is 0.0593 e. The van der Waals surface area contributed by atoms with Crippen molar-refractivity contribution in [1.82, 2.24) is 4.98 Å². The Kier molecular flexibility index (Phi) is 2.14. The number of aryl methyl sites for hydroxylation is 1. The molecule has 0 atom stereocenters. The monoisotopic (exact) mass is 239 g/mol. The Bertz CT molecular complexity index is 630. The molecule has 1 aliphatic rings. The highest BCUT2D eigenvalue weighted by atomic mass is 15.0. The number of nitrogen functional groups attached to an aromatic ring is 1. The minimum absolute atomic E-state index is 0.130. The van der Waals surface area contributed by atoms with Gasteiger partial charge in [-0.3, -0.25) is 4.98 Å². The fourth-order valence-electron chi connectivity index (χ4n) is 2.88. The van der Waals surface area contributed by atoms with Gasteiger partial charge in [0.25, 0.3) is 0 Å². The van der Waals surface area contributed by atoms with Crippen LogP contribution in [0.1, 0.15) is 25.1 Å². The van der Waals surface area contributed by atoms with E-state index in [0.717, 1.165) is 17.1 Å². The molecule has 0 unspecified atom stereocenters. The van der Waals surface area contributed by atoms with Crippen LogP contribution in [0.3, 0.4) is 0 Å². The lowest BCUT2D eigenvalue weighted by molar-refractivity contribution is 0.597. The third-order valence-electron chi connectivity index (χ3n) is 3.55. The molecule has 3 N–H and O–H groups in total. The molecule has 0 radical (unpaired) electrons. The van der Waals surface area contributed by atoms with E-state index in [1.54, 1.807) is 0 Å². The summed E-state index contributed by atoms with van der Waals surface area (Å²) < 4.78 is 0. The van der Waals surface area contributed by atoms with E-state index in [1.807, 2.05) is 18.3 Å². The van der Waals surface area contributed by atoms with E-state index < -0.39 is 0 Å². The second-order valence-electron chi connectivity index (χ2n) is 5.37. The largest absolute Gasteiger partial charge is 0.399 e. The number of nitrogens with one attached hydrogen (secondary N) is 1. The first-order valence-electron chi connectivity index (χ1n) is 6.13. The van der Waals surface area contributed by atoms with Crippen LogP contribution in [0.4, 0.5) is 11.4 Å². The van der Waals surface area contributed by atoms with E-state index in [4.69, 9.17) is 5.73 Å². The van der Waals surface area contributed by atoms with Crippen molar-refractivity contribution < 1.29 is 0 Å². The minimum Gasteiger partial charge on any atom is -0.399 e. The number of nitrogens with zero attached hydrogens (tertiary/aromatic N) is 1. The average molecular weight is 239 g/mol. The zero-order valence-electron chi connectivity index (χ0n) is 10.9. The lowest BCUT2D eigenvalue weighted by Crippen LogP contribution is -2.33. The standard InChI is InChI=1S/C15H17N3/c1-9-14-12(6-7-17-9)11-5-4-10(16)8-13(11)18-15(14,2)3/h4-8,18H,16H2,1-3H3. The van der Waals surface area contributed by atoms with Gasteiger partial charge in [0.2, 0.25) is 0 Å². The van der Waals surface area contributed by atoms with Gasteiger partial charge in [0, 0.05) is 34.4 Å². The van der Waals surface area contributed by atoms with Gasteiger partial charge in [-0.1, -0.05) is 6.07 Å². The molecule has 0 spiro atoms. The van der Waals surface area contributed by atoms with Crippen LogP contribution in [0, 0.1) is 6.92 Å². The Morgan fingerprint density at radius 2 is 1.94 bits per heavy atom. The summed E-state index contributed by atoms with van der Waals surface area (Å²) in [7, 11) is 0. The molecule has 0 bridgehead atoms. The molecule has 92 valence electrons. The topological polar surface area (TPSA) is 50.9 Å². The molecule has 0 saturated carbocycles. The van der Waals surface area contributed by atoms with E-state index in [2.05, 4.69) is 43.2 Å². The van der Waals surface area contributed by atoms with Crippen molar-refractivity contribution in [1.29, 1.82) is 0 Å². The summed E-state index contributed by atoms with van der Waals surface area (Å²) in [6, 6.07) is 8.10. The predicted molar refractivity (Wildman–Crippen MR) is 75.5 cm³/mol. The first-order chi connectivity index (χ1) is 8.49. The molecule has 1 aliphatic heterocycles. The van der Waals surface area contributed by atoms with Crippen LogP contribution in [-0.2, 0) is 5.54 Å². The Balaban J connectivity index is 2.35. The van der Waals surface area contributed by atoms with Crippen LogP contribution in [0.5, 0.6) is 0 Å². The summed E-state index contributed by atoms with van der Waals surface area (Å²) >= 11 is 0. The molecule has 3 heteroatoms. The molecule has 0 aliphatic carbocycles. The SMILES string of the molecule is Cc1nccc2c1C(C)(C)Nc1cc(N)ccc1-2. The van der Waals surface area contributed by atoms with E-state index in [0.29, 0.717) is 0 Å². The van der Waals surface area contributed by atoms with Crippen LogP contribution in [-0.4, -0.2) is 4.98 Å². The molecule has 18 heavy (non-hydrogen) atoms. The molecule has 0 amide bonds. The number of benzene rings is 1. The first-order valence-corrected chi connectivity index (χ1v) is 6.13. The van der Waals surface area contributed by atoms with Crippen molar-refractivity contribution in [3.05, 3.63) is 41.7 Å². The van der Waals surface area contributed by atoms with Gasteiger partial charge in [-0.15, -0.1) is 0 Å². The number of anilines is 2. The van der Waals surface area contributed by atoms with Gasteiger partial charge in [0.1, 0.15) is 0 Å².